The zero-order valence-corrected chi connectivity index (χ0v) is 47.3. The second-order valence-corrected chi connectivity index (χ2v) is 20.2. The van der Waals surface area contributed by atoms with Gasteiger partial charge >= 0.3 is 94.3 Å². The number of aliphatic carboxylic acids is 3. The summed E-state index contributed by atoms with van der Waals surface area (Å²) in [6.07, 6.45) is -9.89. The van der Waals surface area contributed by atoms with Crippen molar-refractivity contribution in [3.63, 3.8) is 0 Å². The number of hydrogen-bond donors (Lipinski definition) is 15. The zero-order chi connectivity index (χ0) is 63.1. The van der Waals surface area contributed by atoms with Gasteiger partial charge in [0.1, 0.15) is 36.4 Å². The summed E-state index contributed by atoms with van der Waals surface area (Å²) in [5.41, 5.74) is 32.2. The van der Waals surface area contributed by atoms with E-state index in [0.29, 0.717) is 58.2 Å². The third-order valence-electron chi connectivity index (χ3n) is 9.06. The molecule has 9 unspecified atom stereocenters. The van der Waals surface area contributed by atoms with Crippen molar-refractivity contribution >= 4 is 77.2 Å². The fourth-order valence-corrected chi connectivity index (χ4v) is 7.13. The average Bonchev–Trinajstić information content (AvgIpc) is 3.36. The second-order valence-electron chi connectivity index (χ2n) is 16.2. The molecule has 82 heavy (non-hydrogen) atoms. The molecule has 0 aromatic heterocycles. The molecule has 479 valence electrons. The fraction of sp³-hybridized carbons (Fsp3) is 0.769. The zero-order valence-electron chi connectivity index (χ0n) is 43.5. The largest absolute Gasteiger partial charge is 3.00 e. The Morgan fingerprint density at radius 1 is 0.402 bits per heavy atom. The Morgan fingerprint density at radius 3 is 0.780 bits per heavy atom. The first-order valence-electron chi connectivity index (χ1n) is 23.6. The second kappa shape index (κ2) is 46.1. The topological polar surface area (TPSA) is 695 Å². The van der Waals surface area contributed by atoms with Crippen LogP contribution in [0.15, 0.2) is 0 Å². The first-order valence-corrected chi connectivity index (χ1v) is 28.0. The summed E-state index contributed by atoms with van der Waals surface area (Å²) in [5.74, 6) is -12.4. The Morgan fingerprint density at radius 2 is 0.610 bits per heavy atom. The molecule has 0 aliphatic carbocycles. The number of carboxylic acid groups (broad SMARTS) is 3. The summed E-state index contributed by atoms with van der Waals surface area (Å²) >= 11 is 0. The van der Waals surface area contributed by atoms with Gasteiger partial charge in [0.15, 0.2) is 18.3 Å². The number of unbranched alkanes of at least 4 members (excludes halogenated alkanes) is 3. The average molecular weight is 1300 g/mol. The van der Waals surface area contributed by atoms with Gasteiger partial charge in [0.25, 0.3) is 0 Å². The molecule has 0 amide bonds. The molecular weight excluding hydrogens is 1230 g/mol. The van der Waals surface area contributed by atoms with Gasteiger partial charge in [-0.3, -0.25) is 42.5 Å². The number of nitrogens with two attached hydrogens (primary N) is 6. The Hall–Kier alpha value is -4.28. The number of hydrogen-bond acceptors (Lipinski definition) is 36. The van der Waals surface area contributed by atoms with Crippen molar-refractivity contribution in [1.82, 2.24) is 0 Å². The Kier molecular flexibility index (Phi) is 47.3. The van der Waals surface area contributed by atoms with Gasteiger partial charge < -0.3 is 136 Å². The maximum absolute atomic E-state index is 11.6. The monoisotopic (exact) mass is 1300 g/mol. The van der Waals surface area contributed by atoms with Gasteiger partial charge in [0, 0.05) is 0 Å². The minimum Gasteiger partial charge on any atom is -0.746 e. The number of carboxylic acids is 3. The Labute approximate surface area is 477 Å². The summed E-state index contributed by atoms with van der Waals surface area (Å²) in [5, 5.41) is 80.2. The van der Waals surface area contributed by atoms with Crippen LogP contribution in [0.4, 0.5) is 0 Å². The van der Waals surface area contributed by atoms with Crippen molar-refractivity contribution in [1.29, 1.82) is 0 Å². The Bertz CT molecular complexity index is 1860. The first kappa shape index (κ1) is 84.2. The molecule has 0 fully saturated rings. The number of phosphoric acid groups is 3. The van der Waals surface area contributed by atoms with Crippen LogP contribution in [0.25, 0.3) is 0 Å². The molecule has 0 rings (SSSR count). The minimum atomic E-state index is -5.16. The molecule has 0 spiro atoms. The summed E-state index contributed by atoms with van der Waals surface area (Å²) in [6.45, 7) is -4.36. The predicted molar refractivity (Wildman–Crippen MR) is 257 cm³/mol. The minimum absolute atomic E-state index is 0. The fourth-order valence-electron chi connectivity index (χ4n) is 4.86. The molecule has 0 aromatic rings. The van der Waals surface area contributed by atoms with E-state index in [1.165, 1.54) is 0 Å². The molecule has 43 heteroatoms. The molecule has 0 aliphatic rings. The van der Waals surface area contributed by atoms with Gasteiger partial charge in [-0.2, -0.15) is 0 Å². The number of phosphoric ester groups is 3. The van der Waals surface area contributed by atoms with Gasteiger partial charge in [-0.1, -0.05) is 19.3 Å². The molecule has 0 heterocycles. The molecule has 0 saturated carbocycles. The number of aliphatic hydroxyl groups excluding tert-OH is 6. The summed E-state index contributed by atoms with van der Waals surface area (Å²) in [6, 6.07) is -3.62. The van der Waals surface area contributed by atoms with Crippen LogP contribution in [0.5, 0.6) is 0 Å². The van der Waals surface area contributed by atoms with Crippen molar-refractivity contribution in [2.75, 3.05) is 59.3 Å². The van der Waals surface area contributed by atoms with E-state index in [9.17, 15) is 86.8 Å². The Balaban J connectivity index is -0.000000553. The van der Waals surface area contributed by atoms with Gasteiger partial charge in [-0.25, -0.2) is 14.4 Å². The number of ether oxygens (including phenoxy) is 3. The van der Waals surface area contributed by atoms with Crippen molar-refractivity contribution in [3.05, 3.63) is 0 Å². The number of carbonyl (C=O) groups is 9. The molecule has 0 aromatic carbocycles. The maximum atomic E-state index is 11.6. The van der Waals surface area contributed by atoms with Crippen LogP contribution in [0, 0.1) is 0 Å². The van der Waals surface area contributed by atoms with Gasteiger partial charge in [0.05, 0.1) is 58.9 Å². The van der Waals surface area contributed by atoms with E-state index < -0.39 is 191 Å². The predicted octanol–water partition coefficient (Wildman–Crippen LogP) is -8.37. The van der Waals surface area contributed by atoms with Crippen LogP contribution in [-0.2, 0) is 115 Å². The van der Waals surface area contributed by atoms with Crippen LogP contribution >= 0.6 is 23.5 Å². The van der Waals surface area contributed by atoms with Crippen LogP contribution < -0.4 is 49.1 Å². The van der Waals surface area contributed by atoms with Crippen LogP contribution in [0.3, 0.4) is 0 Å². The molecule has 0 saturated heterocycles. The molecular formula is C39H72FeN6O33P3. The smallest absolute Gasteiger partial charge is 0.746 e. The van der Waals surface area contributed by atoms with E-state index in [1.807, 2.05) is 0 Å². The van der Waals surface area contributed by atoms with Gasteiger partial charge in [-0.15, -0.1) is 0 Å². The molecule has 0 bridgehead atoms. The number of carbonyl (C=O) groups excluding carboxylic acids is 6. The summed E-state index contributed by atoms with van der Waals surface area (Å²) in [7, 11) is -15.5. The molecule has 0 aliphatic heterocycles. The van der Waals surface area contributed by atoms with E-state index >= 15 is 0 Å². The number of aliphatic hydroxyl groups is 6. The molecule has 1 radical (unpaired) electrons. The quantitative estimate of drug-likeness (QED) is 0.00887. The first-order chi connectivity index (χ1) is 37.6. The van der Waals surface area contributed by atoms with Crippen molar-refractivity contribution < 1.29 is 176 Å². The van der Waals surface area contributed by atoms with Crippen LogP contribution in [0.2, 0.25) is 0 Å². The SMILES string of the molecule is NCCCC[C@H](N)C(=O)OP(=O)([O-])OCC(CO)OC(=O)C(O)CC(=O)O.NCCCC[C@H](N)C(=O)OP(=O)([O-])OCC(CO)OC(=O)C(O)CC(=O)O.NCCCC[C@H](N)C(=O)OP(=O)([O-])OCC(CO)OC(=O)C(O)CC(=O)O.[Fe+3]. The van der Waals surface area contributed by atoms with Crippen molar-refractivity contribution in [2.24, 2.45) is 34.4 Å². The van der Waals surface area contributed by atoms with Gasteiger partial charge in [-0.05, 0) is 58.2 Å². The summed E-state index contributed by atoms with van der Waals surface area (Å²) < 4.78 is 73.8. The summed E-state index contributed by atoms with van der Waals surface area (Å²) in [4.78, 5) is 135. The third-order valence-corrected chi connectivity index (χ3v) is 11.7. The van der Waals surface area contributed by atoms with E-state index in [2.05, 4.69) is 41.4 Å². The number of esters is 3. The van der Waals surface area contributed by atoms with E-state index in [1.54, 1.807) is 0 Å². The standard InChI is InChI=1S/3C13H25N2O11P.Fe/c3*14-4-2-1-3-9(15)12(20)26-27(22,23)24-7-8(6-16)25-13(21)10(17)5-11(18)19;/h3*8-10,16-17H,1-7,14-15H2,(H,18,19)(H,22,23);/q;;;+3/p-3/t3*8?,9-,10?;/m000./s1. The normalized spacial score (nSPS) is 16.4. The van der Waals surface area contributed by atoms with E-state index in [0.717, 1.165) is 0 Å². The molecule has 21 N–H and O–H groups in total. The third kappa shape index (κ3) is 44.3. The van der Waals surface area contributed by atoms with E-state index in [4.69, 9.17) is 65.0 Å². The molecule has 12 atom stereocenters. The van der Waals surface area contributed by atoms with Crippen LogP contribution in [0.1, 0.15) is 77.0 Å². The molecule has 39 nitrogen and oxygen atoms in total. The number of rotatable bonds is 42. The van der Waals surface area contributed by atoms with Crippen molar-refractivity contribution in [2.45, 2.75) is 132 Å². The van der Waals surface area contributed by atoms with Crippen molar-refractivity contribution in [3.8, 4) is 0 Å². The van der Waals surface area contributed by atoms with Gasteiger partial charge in [0.2, 0.25) is 0 Å². The van der Waals surface area contributed by atoms with Crippen LogP contribution in [-0.4, -0.2) is 214 Å². The maximum Gasteiger partial charge on any atom is 3.00 e. The van der Waals surface area contributed by atoms with E-state index in [-0.39, 0.29) is 36.3 Å².